The highest BCUT2D eigenvalue weighted by molar-refractivity contribution is 5.93. The van der Waals surface area contributed by atoms with Gasteiger partial charge in [-0.3, -0.25) is 14.4 Å². The second-order valence-electron chi connectivity index (χ2n) is 13.9. The monoisotopic (exact) mass is 551 g/mol. The maximum atomic E-state index is 12.2. The third-order valence-electron chi connectivity index (χ3n) is 11.2. The summed E-state index contributed by atoms with van der Waals surface area (Å²) in [5.41, 5.74) is 4.67. The highest BCUT2D eigenvalue weighted by Gasteiger charge is 2.57. The lowest BCUT2D eigenvalue weighted by atomic mass is 9.53. The zero-order valence-electron chi connectivity index (χ0n) is 25.3. The van der Waals surface area contributed by atoms with Crippen molar-refractivity contribution >= 4 is 17.7 Å². The summed E-state index contributed by atoms with van der Waals surface area (Å²) in [6.07, 6.45) is 23.3. The van der Waals surface area contributed by atoms with Crippen molar-refractivity contribution in [2.75, 3.05) is 13.1 Å². The molecule has 0 N–H and O–H groups in total. The van der Waals surface area contributed by atoms with Gasteiger partial charge in [0.2, 0.25) is 5.91 Å². The van der Waals surface area contributed by atoms with Gasteiger partial charge in [-0.2, -0.15) is 0 Å². The van der Waals surface area contributed by atoms with Crippen molar-refractivity contribution in [3.8, 4) is 0 Å². The summed E-state index contributed by atoms with van der Waals surface area (Å²) in [5.74, 6) is 2.30. The second-order valence-corrected chi connectivity index (χ2v) is 13.9. The second kappa shape index (κ2) is 13.4. The lowest BCUT2D eigenvalue weighted by Crippen LogP contribution is -2.46. The van der Waals surface area contributed by atoms with Gasteiger partial charge in [0.15, 0.2) is 5.78 Å². The highest BCUT2D eigenvalue weighted by Crippen LogP contribution is 2.63. The zero-order chi connectivity index (χ0) is 28.1. The number of hydrogen-bond donors (Lipinski definition) is 0. The first-order valence-corrected chi connectivity index (χ1v) is 16.8. The third kappa shape index (κ3) is 6.59. The summed E-state index contributed by atoms with van der Waals surface area (Å²) >= 11 is 0. The van der Waals surface area contributed by atoms with Crippen molar-refractivity contribution < 1.29 is 19.1 Å². The minimum atomic E-state index is -0.134. The van der Waals surface area contributed by atoms with Gasteiger partial charge in [0.1, 0.15) is 6.10 Å². The molecule has 5 aliphatic rings. The number of amides is 1. The minimum absolute atomic E-state index is 0.0552. The van der Waals surface area contributed by atoms with Gasteiger partial charge in [-0.05, 0) is 99.2 Å². The number of nitrogens with zero attached hydrogens (tertiary/aromatic N) is 1. The molecule has 222 valence electrons. The Bertz CT molecular complexity index is 1000. The number of esters is 1. The van der Waals surface area contributed by atoms with Crippen LogP contribution in [-0.2, 0) is 19.1 Å². The minimum Gasteiger partial charge on any atom is -0.462 e. The molecular formula is C35H53NO4. The van der Waals surface area contributed by atoms with Gasteiger partial charge in [0.25, 0.3) is 0 Å². The van der Waals surface area contributed by atoms with Crippen molar-refractivity contribution in [3.05, 3.63) is 22.8 Å². The van der Waals surface area contributed by atoms with Gasteiger partial charge >= 0.3 is 5.97 Å². The van der Waals surface area contributed by atoms with E-state index in [9.17, 15) is 14.4 Å². The maximum absolute atomic E-state index is 12.2. The average molecular weight is 552 g/mol. The summed E-state index contributed by atoms with van der Waals surface area (Å²) in [6.45, 7) is 5.93. The van der Waals surface area contributed by atoms with Crippen LogP contribution in [0.5, 0.6) is 0 Å². The van der Waals surface area contributed by atoms with Crippen LogP contribution >= 0.6 is 0 Å². The molecule has 1 heterocycles. The molecule has 1 aliphatic heterocycles. The molecule has 0 bridgehead atoms. The van der Waals surface area contributed by atoms with E-state index in [1.807, 2.05) is 11.0 Å². The largest absolute Gasteiger partial charge is 0.462 e. The number of allylic oxidation sites excluding steroid dienone is 4. The SMILES string of the molecule is CC(=O)O[C@H]1CCC2C3CCC4=CC(=O)CCC4=C3[C@@H](CCCCCCCCCCC(=O)N3CCCC3)C[C@@]21C. The van der Waals surface area contributed by atoms with Crippen LogP contribution in [0, 0.1) is 23.2 Å². The summed E-state index contributed by atoms with van der Waals surface area (Å²) in [4.78, 5) is 38.4. The third-order valence-corrected chi connectivity index (χ3v) is 11.2. The van der Waals surface area contributed by atoms with Crippen molar-refractivity contribution in [2.24, 2.45) is 23.2 Å². The first kappa shape index (κ1) is 29.6. The molecule has 3 fully saturated rings. The number of ether oxygens (including phenoxy) is 1. The molecule has 5 nitrogen and oxygen atoms in total. The number of ketones is 1. The van der Waals surface area contributed by atoms with Crippen LogP contribution in [0.2, 0.25) is 0 Å². The summed E-state index contributed by atoms with van der Waals surface area (Å²) in [6, 6.07) is 0. The molecule has 5 heteroatoms. The van der Waals surface area contributed by atoms with Crippen molar-refractivity contribution in [2.45, 2.75) is 142 Å². The van der Waals surface area contributed by atoms with E-state index in [0.29, 0.717) is 35.9 Å². The lowest BCUT2D eigenvalue weighted by molar-refractivity contribution is -0.154. The standard InChI is InChI=1S/C35H53NO4/c1-25(37)40-32-20-19-31-30-17-15-26-23-28(38)16-18-29(26)34(30)27(24-35(31,32)2)13-9-7-5-3-4-6-8-10-14-33(39)36-21-11-12-22-36/h23,27,30-32H,3-22,24H2,1-2H3/t27-,30?,31?,32-,35-/m0/s1. The Balaban J connectivity index is 1.11. The van der Waals surface area contributed by atoms with Crippen LogP contribution in [0.4, 0.5) is 0 Å². The Morgan fingerprint density at radius 2 is 1.62 bits per heavy atom. The van der Waals surface area contributed by atoms with Crippen LogP contribution in [0.1, 0.15) is 136 Å². The van der Waals surface area contributed by atoms with E-state index in [4.69, 9.17) is 4.74 Å². The number of rotatable bonds is 12. The number of carbonyl (C=O) groups is 3. The Morgan fingerprint density at radius 1 is 0.925 bits per heavy atom. The van der Waals surface area contributed by atoms with Crippen LogP contribution in [0.25, 0.3) is 0 Å². The van der Waals surface area contributed by atoms with E-state index in [2.05, 4.69) is 6.92 Å². The molecule has 2 saturated carbocycles. The lowest BCUT2D eigenvalue weighted by Gasteiger charge is -2.52. The van der Waals surface area contributed by atoms with Crippen molar-refractivity contribution in [1.82, 2.24) is 4.90 Å². The average Bonchev–Trinajstić information content (AvgIpc) is 3.57. The van der Waals surface area contributed by atoms with Crippen molar-refractivity contribution in [3.63, 3.8) is 0 Å². The normalized spacial score (nSPS) is 31.5. The molecule has 5 rings (SSSR count). The van der Waals surface area contributed by atoms with E-state index in [-0.39, 0.29) is 17.5 Å². The Labute approximate surface area is 242 Å². The Kier molecular flexibility index (Phi) is 9.89. The molecule has 40 heavy (non-hydrogen) atoms. The van der Waals surface area contributed by atoms with Crippen LogP contribution in [-0.4, -0.2) is 41.8 Å². The molecule has 0 aromatic rings. The molecule has 4 aliphatic carbocycles. The quantitative estimate of drug-likeness (QED) is 0.183. The predicted octanol–water partition coefficient (Wildman–Crippen LogP) is 7.87. The number of hydrogen-bond acceptors (Lipinski definition) is 4. The highest BCUT2D eigenvalue weighted by atomic mass is 16.5. The number of likely N-dealkylation sites (tertiary alicyclic amines) is 1. The number of carbonyl (C=O) groups excluding carboxylic acids is 3. The Morgan fingerprint density at radius 3 is 2.35 bits per heavy atom. The number of unbranched alkanes of at least 4 members (excludes halogenated alkanes) is 7. The molecule has 2 unspecified atom stereocenters. The van der Waals surface area contributed by atoms with Gasteiger partial charge < -0.3 is 9.64 Å². The summed E-state index contributed by atoms with van der Waals surface area (Å²) in [5, 5.41) is 0. The van der Waals surface area contributed by atoms with Gasteiger partial charge in [0.05, 0.1) is 0 Å². The Hall–Kier alpha value is -1.91. The molecular weight excluding hydrogens is 498 g/mol. The molecule has 0 radical (unpaired) electrons. The van der Waals surface area contributed by atoms with Gasteiger partial charge in [-0.15, -0.1) is 0 Å². The van der Waals surface area contributed by atoms with Crippen LogP contribution in [0.15, 0.2) is 22.8 Å². The van der Waals surface area contributed by atoms with Crippen LogP contribution in [0.3, 0.4) is 0 Å². The summed E-state index contributed by atoms with van der Waals surface area (Å²) < 4.78 is 5.94. The molecule has 0 aromatic carbocycles. The summed E-state index contributed by atoms with van der Waals surface area (Å²) in [7, 11) is 0. The molecule has 0 spiro atoms. The molecule has 5 atom stereocenters. The van der Waals surface area contributed by atoms with E-state index in [0.717, 1.165) is 64.5 Å². The van der Waals surface area contributed by atoms with E-state index in [1.54, 1.807) is 18.1 Å². The zero-order valence-corrected chi connectivity index (χ0v) is 25.3. The van der Waals surface area contributed by atoms with E-state index in [1.165, 1.54) is 69.8 Å². The smallest absolute Gasteiger partial charge is 0.302 e. The molecule has 0 aromatic heterocycles. The first-order valence-electron chi connectivity index (χ1n) is 16.8. The van der Waals surface area contributed by atoms with Gasteiger partial charge in [0, 0.05) is 38.3 Å². The molecule has 1 amide bonds. The predicted molar refractivity (Wildman–Crippen MR) is 159 cm³/mol. The fraction of sp³-hybridized carbons (Fsp3) is 0.800. The van der Waals surface area contributed by atoms with Gasteiger partial charge in [-0.1, -0.05) is 57.4 Å². The maximum Gasteiger partial charge on any atom is 0.302 e. The van der Waals surface area contributed by atoms with Crippen molar-refractivity contribution in [1.29, 1.82) is 0 Å². The van der Waals surface area contributed by atoms with Crippen LogP contribution < -0.4 is 0 Å². The van der Waals surface area contributed by atoms with Gasteiger partial charge in [-0.25, -0.2) is 0 Å². The van der Waals surface area contributed by atoms with E-state index >= 15 is 0 Å². The van der Waals surface area contributed by atoms with E-state index < -0.39 is 0 Å². The molecule has 1 saturated heterocycles. The topological polar surface area (TPSA) is 63.7 Å². The number of fused-ring (bicyclic) bond motifs is 4. The fourth-order valence-electron chi connectivity index (χ4n) is 9.29. The first-order chi connectivity index (χ1) is 19.4. The fourth-order valence-corrected chi connectivity index (χ4v) is 9.29.